The Morgan fingerprint density at radius 1 is 1.00 bits per heavy atom. The summed E-state index contributed by atoms with van der Waals surface area (Å²) in [5.41, 5.74) is 4.66. The number of carbonyl (C=O) groups is 1. The lowest BCUT2D eigenvalue weighted by Gasteiger charge is -2.47. The maximum atomic E-state index is 13.9. The van der Waals surface area contributed by atoms with Gasteiger partial charge in [-0.25, -0.2) is 4.98 Å². The van der Waals surface area contributed by atoms with Gasteiger partial charge in [0, 0.05) is 16.5 Å². The third-order valence-electron chi connectivity index (χ3n) is 7.84. The molecule has 3 aliphatic carbocycles. The lowest BCUT2D eigenvalue weighted by atomic mass is 9.65. The molecule has 1 amide bonds. The first kappa shape index (κ1) is 21.4. The number of hydrogen-bond acceptors (Lipinski definition) is 2. The van der Waals surface area contributed by atoms with Crippen LogP contribution >= 0.6 is 0 Å². The van der Waals surface area contributed by atoms with Gasteiger partial charge in [0.1, 0.15) is 0 Å². The number of aromatic nitrogens is 1. The lowest BCUT2D eigenvalue weighted by Crippen LogP contribution is -2.53. The summed E-state index contributed by atoms with van der Waals surface area (Å²) in [6.45, 7) is 9.13. The second-order valence-corrected chi connectivity index (χ2v) is 16.1. The van der Waals surface area contributed by atoms with E-state index in [0.29, 0.717) is 0 Å². The molecule has 3 aromatic rings. The fourth-order valence-electron chi connectivity index (χ4n) is 5.73. The van der Waals surface area contributed by atoms with Gasteiger partial charge in [0.05, 0.1) is 24.8 Å². The first-order chi connectivity index (χ1) is 15.3. The molecular formula is C28H34N2OSi. The Kier molecular flexibility index (Phi) is 5.24. The normalized spacial score (nSPS) is 22.8. The second-order valence-electron chi connectivity index (χ2n) is 11.0. The van der Waals surface area contributed by atoms with Gasteiger partial charge in [0.2, 0.25) is 0 Å². The summed E-state index contributed by atoms with van der Waals surface area (Å²) in [5.74, 6) is 0.960. The average molecular weight is 443 g/mol. The fourth-order valence-corrected chi connectivity index (χ4v) is 6.90. The number of carbonyl (C=O) groups excluding carboxylic acids is 1. The number of benzene rings is 2. The van der Waals surface area contributed by atoms with Crippen LogP contribution in [0.5, 0.6) is 0 Å². The molecule has 3 fully saturated rings. The summed E-state index contributed by atoms with van der Waals surface area (Å²) in [5, 5.41) is 5.92. The third-order valence-corrected chi connectivity index (χ3v) is 9.88. The Labute approximate surface area is 192 Å². The third kappa shape index (κ3) is 3.79. The van der Waals surface area contributed by atoms with Crippen molar-refractivity contribution in [1.82, 2.24) is 10.3 Å². The van der Waals surface area contributed by atoms with Crippen molar-refractivity contribution in [2.45, 2.75) is 70.6 Å². The molecule has 0 aliphatic heterocycles. The largest absolute Gasteiger partial charge is 0.347 e. The molecule has 1 aromatic heterocycles. The lowest BCUT2D eigenvalue weighted by molar-refractivity contribution is 0.0715. The van der Waals surface area contributed by atoms with Crippen molar-refractivity contribution in [1.29, 1.82) is 0 Å². The van der Waals surface area contributed by atoms with Crippen molar-refractivity contribution in [3.63, 3.8) is 0 Å². The number of pyridine rings is 1. The van der Waals surface area contributed by atoms with Gasteiger partial charge in [-0.3, -0.25) is 4.79 Å². The minimum Gasteiger partial charge on any atom is -0.347 e. The molecule has 2 aromatic carbocycles. The molecule has 3 aliphatic rings. The zero-order chi connectivity index (χ0) is 22.5. The highest BCUT2D eigenvalue weighted by Gasteiger charge is 2.41. The average Bonchev–Trinajstić information content (AvgIpc) is 2.79. The predicted molar refractivity (Wildman–Crippen MR) is 136 cm³/mol. The van der Waals surface area contributed by atoms with Crippen molar-refractivity contribution < 1.29 is 4.79 Å². The molecule has 1 heterocycles. The van der Waals surface area contributed by atoms with Crippen LogP contribution in [0, 0.1) is 12.8 Å². The molecule has 2 bridgehead atoms. The molecule has 0 saturated heterocycles. The van der Waals surface area contributed by atoms with Gasteiger partial charge in [0.25, 0.3) is 5.91 Å². The van der Waals surface area contributed by atoms with Crippen molar-refractivity contribution in [3.8, 4) is 11.3 Å². The van der Waals surface area contributed by atoms with Crippen LogP contribution in [0.1, 0.15) is 54.4 Å². The Balaban J connectivity index is 1.67. The van der Waals surface area contributed by atoms with E-state index >= 15 is 0 Å². The summed E-state index contributed by atoms with van der Waals surface area (Å²) < 4.78 is 0. The first-order valence-electron chi connectivity index (χ1n) is 12.1. The van der Waals surface area contributed by atoms with E-state index in [-0.39, 0.29) is 11.4 Å². The number of nitrogens with zero attached hydrogens (tertiary/aromatic N) is 1. The highest BCUT2D eigenvalue weighted by molar-refractivity contribution is 6.88. The second kappa shape index (κ2) is 7.84. The van der Waals surface area contributed by atoms with E-state index in [4.69, 9.17) is 4.98 Å². The Morgan fingerprint density at radius 3 is 2.28 bits per heavy atom. The molecule has 32 heavy (non-hydrogen) atoms. The molecule has 6 rings (SSSR count). The minimum atomic E-state index is -1.52. The van der Waals surface area contributed by atoms with E-state index in [1.165, 1.54) is 24.4 Å². The Hall–Kier alpha value is -2.46. The van der Waals surface area contributed by atoms with Crippen molar-refractivity contribution in [3.05, 3.63) is 59.7 Å². The van der Waals surface area contributed by atoms with Gasteiger partial charge in [0.15, 0.2) is 0 Å². The summed E-state index contributed by atoms with van der Waals surface area (Å²) >= 11 is 0. The van der Waals surface area contributed by atoms with E-state index in [9.17, 15) is 4.79 Å². The number of amides is 1. The quantitative estimate of drug-likeness (QED) is 0.488. The maximum Gasteiger partial charge on any atom is 0.252 e. The standard InChI is InChI=1S/C28H34N2OSi/c1-19-25(27(31)30-28-15-12-20(13-16-28)14-17-28)23-18-22(32(2,3)4)10-11-24(23)29-26(19)21-8-6-5-7-9-21/h5-11,18,20H,12-17H2,1-4H3,(H,30,31). The van der Waals surface area contributed by atoms with Crippen LogP contribution in [-0.4, -0.2) is 24.5 Å². The maximum absolute atomic E-state index is 13.9. The van der Waals surface area contributed by atoms with Crippen molar-refractivity contribution >= 4 is 30.1 Å². The predicted octanol–water partition coefficient (Wildman–Crippen LogP) is 6.21. The van der Waals surface area contributed by atoms with Crippen LogP contribution in [0.15, 0.2) is 48.5 Å². The van der Waals surface area contributed by atoms with Crippen LogP contribution in [0.4, 0.5) is 0 Å². The first-order valence-corrected chi connectivity index (χ1v) is 15.6. The fraction of sp³-hybridized carbons (Fsp3) is 0.429. The Morgan fingerprint density at radius 2 is 1.66 bits per heavy atom. The number of fused-ring (bicyclic) bond motifs is 4. The Bertz CT molecular complexity index is 1160. The topological polar surface area (TPSA) is 42.0 Å². The molecule has 166 valence electrons. The highest BCUT2D eigenvalue weighted by Crippen LogP contribution is 2.44. The summed E-state index contributed by atoms with van der Waals surface area (Å²) in [6, 6.07) is 16.8. The van der Waals surface area contributed by atoms with Crippen LogP contribution in [0.2, 0.25) is 19.6 Å². The van der Waals surface area contributed by atoms with E-state index < -0.39 is 8.07 Å². The van der Waals surface area contributed by atoms with Gasteiger partial charge in [-0.15, -0.1) is 0 Å². The summed E-state index contributed by atoms with van der Waals surface area (Å²) in [7, 11) is -1.52. The van der Waals surface area contributed by atoms with Gasteiger partial charge >= 0.3 is 0 Å². The zero-order valence-corrected chi connectivity index (χ0v) is 20.8. The molecule has 3 nitrogen and oxygen atoms in total. The minimum absolute atomic E-state index is 0.0167. The number of rotatable bonds is 4. The zero-order valence-electron chi connectivity index (χ0n) is 19.8. The summed E-state index contributed by atoms with van der Waals surface area (Å²) in [4.78, 5) is 19.0. The molecule has 0 radical (unpaired) electrons. The van der Waals surface area contributed by atoms with Crippen LogP contribution in [0.3, 0.4) is 0 Å². The van der Waals surface area contributed by atoms with E-state index in [2.05, 4.69) is 62.2 Å². The van der Waals surface area contributed by atoms with Gasteiger partial charge in [-0.05, 0) is 63.0 Å². The van der Waals surface area contributed by atoms with Gasteiger partial charge in [-0.2, -0.15) is 0 Å². The molecule has 0 atom stereocenters. The van der Waals surface area contributed by atoms with E-state index in [1.807, 2.05) is 18.2 Å². The molecule has 0 spiro atoms. The molecule has 3 saturated carbocycles. The molecule has 4 heteroatoms. The molecule has 1 N–H and O–H groups in total. The van der Waals surface area contributed by atoms with E-state index in [1.54, 1.807) is 0 Å². The van der Waals surface area contributed by atoms with Crippen molar-refractivity contribution in [2.24, 2.45) is 5.92 Å². The molecule has 0 unspecified atom stereocenters. The molecular weight excluding hydrogens is 408 g/mol. The number of nitrogens with one attached hydrogen (secondary N) is 1. The van der Waals surface area contributed by atoms with Crippen LogP contribution in [0.25, 0.3) is 22.2 Å². The SMILES string of the molecule is Cc1c(-c2ccccc2)nc2ccc([Si](C)(C)C)cc2c1C(=O)NC12CCC(CC1)CC2. The van der Waals surface area contributed by atoms with Crippen LogP contribution in [-0.2, 0) is 0 Å². The van der Waals surface area contributed by atoms with Crippen LogP contribution < -0.4 is 10.5 Å². The highest BCUT2D eigenvalue weighted by atomic mass is 28.3. The van der Waals surface area contributed by atoms with E-state index in [0.717, 1.165) is 58.5 Å². The smallest absolute Gasteiger partial charge is 0.252 e. The number of hydrogen-bond donors (Lipinski definition) is 1. The van der Waals surface area contributed by atoms with Crippen molar-refractivity contribution in [2.75, 3.05) is 0 Å². The van der Waals surface area contributed by atoms with Gasteiger partial charge < -0.3 is 5.32 Å². The van der Waals surface area contributed by atoms with Gasteiger partial charge in [-0.1, -0.05) is 67.3 Å². The summed E-state index contributed by atoms with van der Waals surface area (Å²) in [6.07, 6.45) is 7.13. The monoisotopic (exact) mass is 442 g/mol.